The molecule has 29 heavy (non-hydrogen) atoms. The number of amides is 2. The van der Waals surface area contributed by atoms with Gasteiger partial charge in [-0.2, -0.15) is 0 Å². The molecule has 2 amide bonds. The molecule has 154 valence electrons. The summed E-state index contributed by atoms with van der Waals surface area (Å²) in [6.45, 7) is 3.33. The van der Waals surface area contributed by atoms with Gasteiger partial charge in [0.05, 0.1) is 6.04 Å². The van der Waals surface area contributed by atoms with Crippen molar-refractivity contribution in [3.05, 3.63) is 59.2 Å². The van der Waals surface area contributed by atoms with Crippen molar-refractivity contribution in [1.29, 1.82) is 0 Å². The fraction of sp³-hybridized carbons (Fsp3) is 0.391. The number of carbonyl (C=O) groups excluding carboxylic acids is 2. The molecule has 0 spiro atoms. The summed E-state index contributed by atoms with van der Waals surface area (Å²) in [7, 11) is 6.08. The molecule has 1 atom stereocenters. The molecular formula is C23H30N4O2. The second-order valence-electron chi connectivity index (χ2n) is 7.87. The fourth-order valence-electron chi connectivity index (χ4n) is 3.77. The van der Waals surface area contributed by atoms with E-state index in [0.29, 0.717) is 12.2 Å². The average Bonchev–Trinajstić information content (AvgIpc) is 2.69. The van der Waals surface area contributed by atoms with Gasteiger partial charge in [-0.15, -0.1) is 0 Å². The number of carbonyl (C=O) groups is 2. The van der Waals surface area contributed by atoms with Crippen LogP contribution in [0.3, 0.4) is 0 Å². The van der Waals surface area contributed by atoms with E-state index in [9.17, 15) is 9.59 Å². The Morgan fingerprint density at radius 2 is 1.90 bits per heavy atom. The van der Waals surface area contributed by atoms with Crippen molar-refractivity contribution in [3.8, 4) is 0 Å². The molecule has 2 aromatic carbocycles. The van der Waals surface area contributed by atoms with Gasteiger partial charge in [0.25, 0.3) is 0 Å². The minimum absolute atomic E-state index is 0.0113. The molecule has 1 aliphatic rings. The van der Waals surface area contributed by atoms with Crippen molar-refractivity contribution in [1.82, 2.24) is 10.2 Å². The van der Waals surface area contributed by atoms with E-state index in [2.05, 4.69) is 45.7 Å². The molecular weight excluding hydrogens is 364 g/mol. The lowest BCUT2D eigenvalue weighted by molar-refractivity contribution is -0.136. The Kier molecular flexibility index (Phi) is 6.54. The molecule has 0 aliphatic carbocycles. The van der Waals surface area contributed by atoms with Crippen molar-refractivity contribution < 1.29 is 9.59 Å². The van der Waals surface area contributed by atoms with E-state index in [0.717, 1.165) is 30.5 Å². The quantitative estimate of drug-likeness (QED) is 0.766. The number of rotatable bonds is 5. The average molecular weight is 395 g/mol. The first-order valence-corrected chi connectivity index (χ1v) is 10.0. The highest BCUT2D eigenvalue weighted by Crippen LogP contribution is 2.29. The number of benzene rings is 2. The van der Waals surface area contributed by atoms with Crippen LogP contribution < -0.4 is 15.5 Å². The third kappa shape index (κ3) is 4.95. The van der Waals surface area contributed by atoms with Crippen molar-refractivity contribution in [2.24, 2.45) is 0 Å². The summed E-state index contributed by atoms with van der Waals surface area (Å²) in [4.78, 5) is 29.0. The fourth-order valence-corrected chi connectivity index (χ4v) is 3.77. The molecule has 1 unspecified atom stereocenters. The molecule has 2 N–H and O–H groups in total. The number of hydrogen-bond donors (Lipinski definition) is 2. The van der Waals surface area contributed by atoms with Crippen LogP contribution in [-0.2, 0) is 16.0 Å². The van der Waals surface area contributed by atoms with Crippen molar-refractivity contribution in [3.63, 3.8) is 0 Å². The first-order valence-electron chi connectivity index (χ1n) is 10.0. The van der Waals surface area contributed by atoms with Crippen LogP contribution >= 0.6 is 0 Å². The maximum absolute atomic E-state index is 12.3. The summed E-state index contributed by atoms with van der Waals surface area (Å²) in [6.07, 6.45) is 2.22. The van der Waals surface area contributed by atoms with Gasteiger partial charge in [0.2, 0.25) is 0 Å². The Morgan fingerprint density at radius 1 is 1.14 bits per heavy atom. The SMILES string of the molecule is Cc1ccccc1NC(=O)C(=O)NCC(c1ccc2c(c1)CCCN2C)N(C)C. The molecule has 0 fully saturated rings. The summed E-state index contributed by atoms with van der Waals surface area (Å²) >= 11 is 0. The lowest BCUT2D eigenvalue weighted by Gasteiger charge is -2.30. The Labute approximate surface area is 172 Å². The van der Waals surface area contributed by atoms with Crippen LogP contribution in [0.15, 0.2) is 42.5 Å². The zero-order chi connectivity index (χ0) is 21.0. The lowest BCUT2D eigenvalue weighted by atomic mass is 9.96. The van der Waals surface area contributed by atoms with Crippen molar-refractivity contribution in [2.45, 2.75) is 25.8 Å². The third-order valence-electron chi connectivity index (χ3n) is 5.52. The second kappa shape index (κ2) is 9.09. The van der Waals surface area contributed by atoms with Crippen LogP contribution in [-0.4, -0.2) is 50.9 Å². The number of nitrogens with zero attached hydrogens (tertiary/aromatic N) is 2. The van der Waals surface area contributed by atoms with Crippen LogP contribution in [0.4, 0.5) is 11.4 Å². The van der Waals surface area contributed by atoms with Gasteiger partial charge in [0, 0.05) is 31.5 Å². The molecule has 2 aromatic rings. The minimum Gasteiger partial charge on any atom is -0.374 e. The summed E-state index contributed by atoms with van der Waals surface area (Å²) in [5.74, 6) is -1.28. The van der Waals surface area contributed by atoms with Crippen molar-refractivity contribution >= 4 is 23.2 Å². The molecule has 1 heterocycles. The highest BCUT2D eigenvalue weighted by molar-refractivity contribution is 6.39. The number of nitrogens with one attached hydrogen (secondary N) is 2. The van der Waals surface area contributed by atoms with E-state index in [-0.39, 0.29) is 6.04 Å². The van der Waals surface area contributed by atoms with Crippen LogP contribution in [0.2, 0.25) is 0 Å². The standard InChI is InChI=1S/C23H30N4O2/c1-16-8-5-6-10-19(16)25-23(29)22(28)24-15-21(26(2)3)18-11-12-20-17(14-18)9-7-13-27(20)4/h5-6,8,10-12,14,21H,7,9,13,15H2,1-4H3,(H,24,28)(H,25,29). The van der Waals surface area contributed by atoms with Gasteiger partial charge in [-0.1, -0.05) is 30.3 Å². The van der Waals surface area contributed by atoms with Crippen LogP contribution in [0, 0.1) is 6.92 Å². The number of anilines is 2. The molecule has 6 heteroatoms. The van der Waals surface area contributed by atoms with Crippen LogP contribution in [0.5, 0.6) is 0 Å². The van der Waals surface area contributed by atoms with Crippen LogP contribution in [0.1, 0.15) is 29.2 Å². The van der Waals surface area contributed by atoms with Gasteiger partial charge < -0.3 is 20.4 Å². The largest absolute Gasteiger partial charge is 0.374 e. The molecule has 0 saturated heterocycles. The Morgan fingerprint density at radius 3 is 2.62 bits per heavy atom. The predicted octanol–water partition coefficient (Wildman–Crippen LogP) is 2.74. The molecule has 0 saturated carbocycles. The molecule has 0 aromatic heterocycles. The second-order valence-corrected chi connectivity index (χ2v) is 7.87. The predicted molar refractivity (Wildman–Crippen MR) is 117 cm³/mol. The Balaban J connectivity index is 1.66. The van der Waals surface area contributed by atoms with Crippen molar-refractivity contribution in [2.75, 3.05) is 44.4 Å². The lowest BCUT2D eigenvalue weighted by Crippen LogP contribution is -2.40. The number of hydrogen-bond acceptors (Lipinski definition) is 4. The molecule has 1 aliphatic heterocycles. The zero-order valence-electron chi connectivity index (χ0n) is 17.7. The monoisotopic (exact) mass is 394 g/mol. The van der Waals surface area contributed by atoms with E-state index < -0.39 is 11.8 Å². The van der Waals surface area contributed by atoms with Gasteiger partial charge in [-0.05, 0) is 62.7 Å². The molecule has 0 bridgehead atoms. The van der Waals surface area contributed by atoms with E-state index in [4.69, 9.17) is 0 Å². The van der Waals surface area contributed by atoms with Gasteiger partial charge >= 0.3 is 11.8 Å². The highest BCUT2D eigenvalue weighted by Gasteiger charge is 2.21. The number of fused-ring (bicyclic) bond motifs is 1. The van der Waals surface area contributed by atoms with Gasteiger partial charge in [-0.25, -0.2) is 0 Å². The van der Waals surface area contributed by atoms with E-state index >= 15 is 0 Å². The summed E-state index contributed by atoms with van der Waals surface area (Å²) in [6, 6.07) is 13.9. The van der Waals surface area contributed by atoms with Gasteiger partial charge in [0.1, 0.15) is 0 Å². The first kappa shape index (κ1) is 20.9. The van der Waals surface area contributed by atoms with Gasteiger partial charge in [0.15, 0.2) is 0 Å². The molecule has 6 nitrogen and oxygen atoms in total. The zero-order valence-corrected chi connectivity index (χ0v) is 17.7. The maximum Gasteiger partial charge on any atom is 0.313 e. The summed E-state index contributed by atoms with van der Waals surface area (Å²) < 4.78 is 0. The van der Waals surface area contributed by atoms with E-state index in [1.54, 1.807) is 6.07 Å². The topological polar surface area (TPSA) is 64.7 Å². The highest BCUT2D eigenvalue weighted by atomic mass is 16.2. The molecule has 0 radical (unpaired) electrons. The number of aryl methyl sites for hydroxylation is 2. The summed E-state index contributed by atoms with van der Waals surface area (Å²) in [5, 5.41) is 5.47. The van der Waals surface area contributed by atoms with E-state index in [1.807, 2.05) is 39.2 Å². The normalized spacial score (nSPS) is 14.3. The van der Waals surface area contributed by atoms with E-state index in [1.165, 1.54) is 11.3 Å². The van der Waals surface area contributed by atoms with Gasteiger partial charge in [-0.3, -0.25) is 9.59 Å². The maximum atomic E-state index is 12.3. The number of para-hydroxylation sites is 1. The van der Waals surface area contributed by atoms with Crippen LogP contribution in [0.25, 0.3) is 0 Å². The Bertz CT molecular complexity index is 894. The number of likely N-dealkylation sites (N-methyl/N-ethyl adjacent to an activating group) is 1. The Hall–Kier alpha value is -2.86. The smallest absolute Gasteiger partial charge is 0.313 e. The summed E-state index contributed by atoms with van der Waals surface area (Å²) in [5.41, 5.74) is 5.32. The first-order chi connectivity index (χ1) is 13.9. The third-order valence-corrected chi connectivity index (χ3v) is 5.52. The minimum atomic E-state index is -0.649. The molecule has 3 rings (SSSR count).